The van der Waals surface area contributed by atoms with Crippen LogP contribution in [-0.4, -0.2) is 6.71 Å². The third kappa shape index (κ3) is 2.20. The Labute approximate surface area is 247 Å². The van der Waals surface area contributed by atoms with E-state index in [1.54, 1.807) is 0 Å². The molecule has 0 saturated carbocycles. The fraction of sp³-hybridized carbons (Fsp3) is 0.200. The average molecular weight is 538 g/mol. The normalized spacial score (nSPS) is 17.1. The topological polar surface area (TPSA) is 3.24 Å². The van der Waals surface area contributed by atoms with E-state index < -0.39 is 0 Å². The van der Waals surface area contributed by atoms with Crippen LogP contribution in [0.1, 0.15) is 63.8 Å². The lowest BCUT2D eigenvalue weighted by molar-refractivity contribution is 0.599. The van der Waals surface area contributed by atoms with E-state index in [0.29, 0.717) is 0 Å². The monoisotopic (exact) mass is 537 g/mol. The van der Waals surface area contributed by atoms with Crippen molar-refractivity contribution >= 4 is 61.7 Å². The molecule has 0 atom stereocenters. The minimum absolute atomic E-state index is 0.0978. The van der Waals surface area contributed by atoms with E-state index >= 15 is 0 Å². The van der Waals surface area contributed by atoms with Gasteiger partial charge < -0.3 is 4.90 Å². The second-order valence-corrected chi connectivity index (χ2v) is 13.7. The average Bonchev–Trinajstić information content (AvgIpc) is 3.01. The van der Waals surface area contributed by atoms with Crippen molar-refractivity contribution in [2.45, 2.75) is 52.4 Å². The zero-order chi connectivity index (χ0) is 28.4. The van der Waals surface area contributed by atoms with Gasteiger partial charge in [-0.3, -0.25) is 0 Å². The Morgan fingerprint density at radius 3 is 1.40 bits per heavy atom. The number of anilines is 3. The Morgan fingerprint density at radius 2 is 0.905 bits per heavy atom. The van der Waals surface area contributed by atoms with Crippen molar-refractivity contribution in [3.05, 3.63) is 107 Å². The number of rotatable bonds is 0. The van der Waals surface area contributed by atoms with E-state index in [-0.39, 0.29) is 17.5 Å². The Bertz CT molecular complexity index is 2130. The minimum Gasteiger partial charge on any atom is -0.310 e. The molecule has 0 unspecified atom stereocenters. The summed E-state index contributed by atoms with van der Waals surface area (Å²) in [6.07, 6.45) is 0. The van der Waals surface area contributed by atoms with Crippen LogP contribution in [0.15, 0.2) is 84.9 Å². The van der Waals surface area contributed by atoms with Crippen molar-refractivity contribution in [1.29, 1.82) is 0 Å². The van der Waals surface area contributed by atoms with Crippen LogP contribution in [0.4, 0.5) is 17.1 Å². The molecule has 0 spiro atoms. The predicted octanol–water partition coefficient (Wildman–Crippen LogP) is 8.56. The fourth-order valence-electron chi connectivity index (χ4n) is 9.60. The summed E-state index contributed by atoms with van der Waals surface area (Å²) in [7, 11) is 0. The van der Waals surface area contributed by atoms with Crippen LogP contribution in [0.25, 0.3) is 43.8 Å². The van der Waals surface area contributed by atoms with Crippen molar-refractivity contribution in [3.63, 3.8) is 0 Å². The van der Waals surface area contributed by atoms with Gasteiger partial charge in [-0.2, -0.15) is 0 Å². The first-order valence-electron chi connectivity index (χ1n) is 15.7. The molecule has 0 amide bonds. The Morgan fingerprint density at radius 1 is 0.476 bits per heavy atom. The summed E-state index contributed by atoms with van der Waals surface area (Å²) < 4.78 is 0. The van der Waals surface area contributed by atoms with Gasteiger partial charge in [-0.25, -0.2) is 0 Å². The molecule has 200 valence electrons. The zero-order valence-electron chi connectivity index (χ0n) is 25.1. The molecule has 0 radical (unpaired) electrons. The fourth-order valence-corrected chi connectivity index (χ4v) is 9.60. The van der Waals surface area contributed by atoms with Crippen molar-refractivity contribution in [1.82, 2.24) is 0 Å². The third-order valence-electron chi connectivity index (χ3n) is 11.3. The largest absolute Gasteiger partial charge is 0.310 e. The second-order valence-electron chi connectivity index (χ2n) is 13.7. The number of nitrogens with zero attached hydrogens (tertiary/aromatic N) is 1. The zero-order valence-corrected chi connectivity index (χ0v) is 25.1. The molecular weight excluding hydrogens is 505 g/mol. The van der Waals surface area contributed by atoms with E-state index in [0.717, 1.165) is 0 Å². The third-order valence-corrected chi connectivity index (χ3v) is 11.3. The number of benzene rings is 6. The van der Waals surface area contributed by atoms with Gasteiger partial charge in [-0.1, -0.05) is 120 Å². The summed E-state index contributed by atoms with van der Waals surface area (Å²) in [5, 5.41) is 5.67. The molecule has 0 aromatic heterocycles. The first-order chi connectivity index (χ1) is 20.4. The van der Waals surface area contributed by atoms with Gasteiger partial charge in [0.15, 0.2) is 0 Å². The van der Waals surface area contributed by atoms with Gasteiger partial charge in [-0.15, -0.1) is 0 Å². The van der Waals surface area contributed by atoms with Crippen molar-refractivity contribution < 1.29 is 0 Å². The highest BCUT2D eigenvalue weighted by Gasteiger charge is 2.54. The Kier molecular flexibility index (Phi) is 3.89. The molecule has 5 aliphatic rings. The maximum atomic E-state index is 2.73. The minimum atomic E-state index is -0.0978. The Balaban J connectivity index is 0.00000116. The summed E-state index contributed by atoms with van der Waals surface area (Å²) in [5.74, 6) is 0. The van der Waals surface area contributed by atoms with Crippen LogP contribution in [-0.2, 0) is 10.8 Å². The molecule has 6 aromatic carbocycles. The molecule has 0 fully saturated rings. The second kappa shape index (κ2) is 7.01. The quantitative estimate of drug-likeness (QED) is 0.175. The van der Waals surface area contributed by atoms with Gasteiger partial charge in [0.25, 0.3) is 0 Å². The lowest BCUT2D eigenvalue weighted by atomic mass is 9.28. The molecule has 11 rings (SSSR count). The van der Waals surface area contributed by atoms with Crippen LogP contribution in [0.5, 0.6) is 0 Å². The highest BCUT2D eigenvalue weighted by molar-refractivity contribution is 7.04. The summed E-state index contributed by atoms with van der Waals surface area (Å²) in [6, 6.07) is 33.2. The highest BCUT2D eigenvalue weighted by Crippen LogP contribution is 2.62. The summed E-state index contributed by atoms with van der Waals surface area (Å²) in [5.41, 5.74) is 20.2. The molecule has 0 N–H and O–H groups in total. The molecular formula is C40H32BN. The van der Waals surface area contributed by atoms with E-state index in [2.05, 4.69) is 118 Å². The molecule has 5 heterocycles. The van der Waals surface area contributed by atoms with Gasteiger partial charge in [-0.05, 0) is 89.1 Å². The maximum absolute atomic E-state index is 2.73. The van der Waals surface area contributed by atoms with Crippen molar-refractivity contribution in [2.75, 3.05) is 4.90 Å². The molecule has 5 aliphatic heterocycles. The molecule has 2 heteroatoms. The molecule has 0 aliphatic carbocycles. The molecule has 0 saturated heterocycles. The van der Waals surface area contributed by atoms with E-state index in [9.17, 15) is 0 Å². The van der Waals surface area contributed by atoms with Crippen LogP contribution in [0.3, 0.4) is 0 Å². The van der Waals surface area contributed by atoms with Crippen LogP contribution < -0.4 is 21.3 Å². The number of fused-ring (bicyclic) bond motifs is 2. The lowest BCUT2D eigenvalue weighted by Gasteiger charge is -2.55. The van der Waals surface area contributed by atoms with Gasteiger partial charge in [0, 0.05) is 22.2 Å². The van der Waals surface area contributed by atoms with Gasteiger partial charge >= 0.3 is 0 Å². The van der Waals surface area contributed by atoms with Crippen molar-refractivity contribution in [2.24, 2.45) is 0 Å². The van der Waals surface area contributed by atoms with Crippen molar-refractivity contribution in [3.8, 4) is 22.3 Å². The van der Waals surface area contributed by atoms with Gasteiger partial charge in [0.2, 0.25) is 6.71 Å². The van der Waals surface area contributed by atoms with Gasteiger partial charge in [0.05, 0.1) is 5.69 Å². The molecule has 1 nitrogen and oxygen atoms in total. The van der Waals surface area contributed by atoms with Crippen LogP contribution in [0.2, 0.25) is 0 Å². The van der Waals surface area contributed by atoms with E-state index in [1.165, 1.54) is 99.5 Å². The summed E-state index contributed by atoms with van der Waals surface area (Å²) in [4.78, 5) is 2.73. The van der Waals surface area contributed by atoms with Gasteiger partial charge in [0.1, 0.15) is 0 Å². The molecule has 0 bridgehead atoms. The summed E-state index contributed by atoms with van der Waals surface area (Å²) in [6.45, 7) is 14.1. The number of para-hydroxylation sites is 1. The molecule has 42 heavy (non-hydrogen) atoms. The number of hydrogen-bond donors (Lipinski definition) is 0. The van der Waals surface area contributed by atoms with Crippen LogP contribution in [0, 0.1) is 0 Å². The predicted molar refractivity (Wildman–Crippen MR) is 181 cm³/mol. The molecule has 6 aromatic rings. The maximum Gasteiger partial charge on any atom is 0.249 e. The van der Waals surface area contributed by atoms with E-state index in [4.69, 9.17) is 0 Å². The first kappa shape index (κ1) is 23.3. The first-order valence-corrected chi connectivity index (χ1v) is 15.7. The van der Waals surface area contributed by atoms with E-state index in [1.807, 2.05) is 13.8 Å². The standard InChI is InChI=1S/C38H26BN.C2H6/c1-37(2)25-15-8-16-26-34(25)40-35-27(37)17-19-9-5-11-21-23-13-7-14-24-22-12-6-10-20-18-28(38(26,3)4)36(40)33(30(20)22)39(31(23)24)32(35)29(19)21;1-2/h5-18H,1-4H3;1-2H3. The Hall–Kier alpha value is -4.30. The lowest BCUT2D eigenvalue weighted by Crippen LogP contribution is -2.63. The highest BCUT2D eigenvalue weighted by atomic mass is 15.2. The smallest absolute Gasteiger partial charge is 0.249 e. The summed E-state index contributed by atoms with van der Waals surface area (Å²) >= 11 is 0. The number of hydrogen-bond acceptors (Lipinski definition) is 1. The van der Waals surface area contributed by atoms with Crippen LogP contribution >= 0.6 is 0 Å². The SMILES string of the molecule is CC.CC1(C)c2cccc3c2N2c4c1cc1cccc5c1c4B1c4c-5cccc4-c4cccc5cc(c2c1c45)C3(C)C.